The maximum atomic E-state index is 14.3. The normalized spacial score (nSPS) is 21.5. The van der Waals surface area contributed by atoms with E-state index in [4.69, 9.17) is 10.5 Å². The molecular formula is C35H49N5O7. The van der Waals surface area contributed by atoms with Crippen molar-refractivity contribution >= 4 is 35.5 Å². The third-order valence-corrected chi connectivity index (χ3v) is 9.50. The molecule has 47 heavy (non-hydrogen) atoms. The molecule has 0 aromatic heterocycles. The van der Waals surface area contributed by atoms with Crippen LogP contribution in [0, 0.1) is 23.2 Å². The largest absolute Gasteiger partial charge is 0.459 e. The predicted octanol–water partition coefficient (Wildman–Crippen LogP) is 2.74. The Morgan fingerprint density at radius 3 is 2.19 bits per heavy atom. The standard InChI is InChI=1S/C35H49N5O7/c1-21(2)24-15-18-40(26(24)30(43)37-25(19-22-13-14-22)27(41)29(36)42)31(44)28(34(3,4)5)38-33(46)39-35(16-9-10-17-35)32(45)47-20-23-11-7-6-8-12-23/h6-8,11-14,21-22,24-26,28H,9-10,15-20H2,1-5H3,(H2,36,42)(H,37,43)(H2,38,39,46)/t24-,25?,26+,28-/m1/s1. The number of carbonyl (C=O) groups is 6. The molecule has 1 aliphatic heterocycles. The lowest BCUT2D eigenvalue weighted by Crippen LogP contribution is -2.63. The van der Waals surface area contributed by atoms with Gasteiger partial charge in [0.15, 0.2) is 0 Å². The highest BCUT2D eigenvalue weighted by molar-refractivity contribution is 6.37. The number of hydrogen-bond donors (Lipinski definition) is 4. The van der Waals surface area contributed by atoms with Crippen LogP contribution in [-0.4, -0.2) is 70.6 Å². The minimum atomic E-state index is -1.22. The number of ketones is 1. The first-order valence-corrected chi connectivity index (χ1v) is 16.6. The minimum absolute atomic E-state index is 0.0161. The Bertz CT molecular complexity index is 1370. The Labute approximate surface area is 276 Å². The number of likely N-dealkylation sites (tertiary alicyclic amines) is 1. The van der Waals surface area contributed by atoms with E-state index in [1.807, 2.05) is 77.1 Å². The molecule has 0 radical (unpaired) electrons. The van der Waals surface area contributed by atoms with E-state index in [9.17, 15) is 28.8 Å². The number of primary amides is 1. The second-order valence-electron chi connectivity index (χ2n) is 14.5. The van der Waals surface area contributed by atoms with E-state index in [2.05, 4.69) is 16.0 Å². The highest BCUT2D eigenvalue weighted by atomic mass is 16.5. The number of Topliss-reactive ketones (excluding diaryl/α,β-unsaturated/α-hetero) is 1. The number of ether oxygens (including phenoxy) is 1. The molecule has 4 atom stereocenters. The Balaban J connectivity index is 1.50. The summed E-state index contributed by atoms with van der Waals surface area (Å²) in [6.45, 7) is 9.70. The van der Waals surface area contributed by atoms with Gasteiger partial charge in [-0.2, -0.15) is 0 Å². The summed E-state index contributed by atoms with van der Waals surface area (Å²) in [5.41, 5.74) is 4.11. The zero-order valence-corrected chi connectivity index (χ0v) is 28.0. The SMILES string of the molecule is CC(C)[C@H]1CCN(C(=O)[C@@H](NC(=O)NC2(C(=O)OCc3ccccc3)CCCC2)C(C)(C)C)[C@@H]1C(=O)NC(CC1C=C1)C(=O)C(N)=O. The van der Waals surface area contributed by atoms with Gasteiger partial charge < -0.3 is 31.3 Å². The second-order valence-corrected chi connectivity index (χ2v) is 14.5. The molecule has 12 nitrogen and oxygen atoms in total. The molecule has 5 N–H and O–H groups in total. The number of nitrogens with one attached hydrogen (secondary N) is 3. The fourth-order valence-corrected chi connectivity index (χ4v) is 6.68. The highest BCUT2D eigenvalue weighted by Gasteiger charge is 2.49. The summed E-state index contributed by atoms with van der Waals surface area (Å²) in [4.78, 5) is 80.8. The van der Waals surface area contributed by atoms with E-state index >= 15 is 0 Å². The minimum Gasteiger partial charge on any atom is -0.459 e. The van der Waals surface area contributed by atoms with Gasteiger partial charge in [0.2, 0.25) is 17.6 Å². The predicted molar refractivity (Wildman–Crippen MR) is 174 cm³/mol. The van der Waals surface area contributed by atoms with Crippen LogP contribution in [-0.2, 0) is 35.3 Å². The third kappa shape index (κ3) is 8.78. The Kier molecular flexibility index (Phi) is 11.1. The van der Waals surface area contributed by atoms with Crippen LogP contribution < -0.4 is 21.7 Å². The van der Waals surface area contributed by atoms with Crippen molar-refractivity contribution in [3.8, 4) is 0 Å². The molecule has 1 unspecified atom stereocenters. The van der Waals surface area contributed by atoms with Crippen molar-refractivity contribution in [2.45, 2.75) is 103 Å². The molecule has 0 spiro atoms. The Hall–Kier alpha value is -4.22. The van der Waals surface area contributed by atoms with Gasteiger partial charge in [0.05, 0.1) is 6.04 Å². The summed E-state index contributed by atoms with van der Waals surface area (Å²) >= 11 is 0. The first-order valence-electron chi connectivity index (χ1n) is 16.6. The fourth-order valence-electron chi connectivity index (χ4n) is 6.68. The number of urea groups is 1. The molecule has 1 saturated carbocycles. The van der Waals surface area contributed by atoms with Gasteiger partial charge in [-0.05, 0) is 54.4 Å². The summed E-state index contributed by atoms with van der Waals surface area (Å²) in [6.07, 6.45) is 6.77. The fraction of sp³-hybridized carbons (Fsp3) is 0.600. The molecular weight excluding hydrogens is 602 g/mol. The number of benzene rings is 1. The smallest absolute Gasteiger partial charge is 0.332 e. The number of rotatable bonds is 13. The van der Waals surface area contributed by atoms with Crippen LogP contribution in [0.3, 0.4) is 0 Å². The van der Waals surface area contributed by atoms with Crippen LogP contribution in [0.5, 0.6) is 0 Å². The third-order valence-electron chi connectivity index (χ3n) is 9.50. The summed E-state index contributed by atoms with van der Waals surface area (Å²) in [6, 6.07) is 5.51. The Morgan fingerprint density at radius 1 is 1.00 bits per heavy atom. The van der Waals surface area contributed by atoms with E-state index in [1.165, 1.54) is 4.90 Å². The summed E-state index contributed by atoms with van der Waals surface area (Å²) in [5.74, 6) is -3.77. The number of nitrogens with zero attached hydrogens (tertiary/aromatic N) is 1. The molecule has 0 bridgehead atoms. The van der Waals surface area contributed by atoms with Gasteiger partial charge in [-0.15, -0.1) is 0 Å². The van der Waals surface area contributed by atoms with Gasteiger partial charge in [0.1, 0.15) is 24.2 Å². The molecule has 1 heterocycles. The molecule has 12 heteroatoms. The summed E-state index contributed by atoms with van der Waals surface area (Å²) in [5, 5.41) is 8.39. The lowest BCUT2D eigenvalue weighted by atomic mass is 9.84. The van der Waals surface area contributed by atoms with E-state index in [0.29, 0.717) is 19.3 Å². The van der Waals surface area contributed by atoms with E-state index in [0.717, 1.165) is 18.4 Å². The lowest BCUT2D eigenvalue weighted by Gasteiger charge is -2.37. The van der Waals surface area contributed by atoms with Crippen molar-refractivity contribution in [2.75, 3.05) is 6.54 Å². The van der Waals surface area contributed by atoms with Crippen molar-refractivity contribution in [1.82, 2.24) is 20.9 Å². The maximum absolute atomic E-state index is 14.3. The molecule has 5 amide bonds. The number of hydrogen-bond acceptors (Lipinski definition) is 7. The van der Waals surface area contributed by atoms with Crippen molar-refractivity contribution < 1.29 is 33.5 Å². The lowest BCUT2D eigenvalue weighted by molar-refractivity contribution is -0.152. The van der Waals surface area contributed by atoms with Crippen molar-refractivity contribution in [2.24, 2.45) is 28.9 Å². The zero-order valence-electron chi connectivity index (χ0n) is 28.0. The van der Waals surface area contributed by atoms with Gasteiger partial charge in [-0.25, -0.2) is 9.59 Å². The highest BCUT2D eigenvalue weighted by Crippen LogP contribution is 2.35. The quantitative estimate of drug-likeness (QED) is 0.144. The van der Waals surface area contributed by atoms with Gasteiger partial charge in [-0.1, -0.05) is 89.9 Å². The van der Waals surface area contributed by atoms with Crippen LogP contribution in [0.4, 0.5) is 4.79 Å². The number of nitrogens with two attached hydrogens (primary N) is 1. The molecule has 2 fully saturated rings. The summed E-state index contributed by atoms with van der Waals surface area (Å²) in [7, 11) is 0. The molecule has 1 aromatic carbocycles. The average molecular weight is 652 g/mol. The van der Waals surface area contributed by atoms with Crippen molar-refractivity contribution in [1.29, 1.82) is 0 Å². The molecule has 256 valence electrons. The molecule has 1 aromatic rings. The van der Waals surface area contributed by atoms with Crippen LogP contribution in [0.25, 0.3) is 0 Å². The molecule has 1 saturated heterocycles. The summed E-state index contributed by atoms with van der Waals surface area (Å²) < 4.78 is 5.62. The van der Waals surface area contributed by atoms with Crippen molar-refractivity contribution in [3.63, 3.8) is 0 Å². The first kappa shape index (κ1) is 35.6. The van der Waals surface area contributed by atoms with Crippen LogP contribution in [0.15, 0.2) is 42.5 Å². The topological polar surface area (TPSA) is 177 Å². The van der Waals surface area contributed by atoms with Gasteiger partial charge in [0.25, 0.3) is 5.91 Å². The van der Waals surface area contributed by atoms with Crippen molar-refractivity contribution in [3.05, 3.63) is 48.0 Å². The number of esters is 1. The second kappa shape index (κ2) is 14.7. The number of carbonyl (C=O) groups excluding carboxylic acids is 6. The van der Waals surface area contributed by atoms with Gasteiger partial charge in [0, 0.05) is 6.54 Å². The average Bonchev–Trinajstić information content (AvgIpc) is 3.50. The molecule has 3 aliphatic rings. The maximum Gasteiger partial charge on any atom is 0.332 e. The van der Waals surface area contributed by atoms with E-state index in [-0.39, 0.29) is 37.3 Å². The first-order chi connectivity index (χ1) is 22.1. The van der Waals surface area contributed by atoms with Crippen LogP contribution in [0.1, 0.15) is 78.7 Å². The molecule has 4 rings (SSSR count). The zero-order chi connectivity index (χ0) is 34.5. The monoisotopic (exact) mass is 651 g/mol. The van der Waals surface area contributed by atoms with Crippen LogP contribution >= 0.6 is 0 Å². The Morgan fingerprint density at radius 2 is 1.64 bits per heavy atom. The van der Waals surface area contributed by atoms with E-state index < -0.39 is 64.6 Å². The molecule has 2 aliphatic carbocycles. The van der Waals surface area contributed by atoms with Gasteiger partial charge >= 0.3 is 12.0 Å². The number of amides is 5. The van der Waals surface area contributed by atoms with E-state index in [1.54, 1.807) is 0 Å². The van der Waals surface area contributed by atoms with Gasteiger partial charge in [-0.3, -0.25) is 19.2 Å². The van der Waals surface area contributed by atoms with Crippen LogP contribution in [0.2, 0.25) is 0 Å². The number of allylic oxidation sites excluding steroid dienone is 2.